The third-order valence-corrected chi connectivity index (χ3v) is 4.74. The van der Waals surface area contributed by atoms with Crippen molar-refractivity contribution in [3.05, 3.63) is 11.6 Å². The number of hydrogen-bond acceptors (Lipinski definition) is 2. The number of halogens is 1. The lowest BCUT2D eigenvalue weighted by atomic mass is 9.82. The predicted octanol–water partition coefficient (Wildman–Crippen LogP) is 3.37. The van der Waals surface area contributed by atoms with E-state index in [0.29, 0.717) is 5.54 Å². The van der Waals surface area contributed by atoms with Gasteiger partial charge in [0.2, 0.25) is 0 Å². The maximum Gasteiger partial charge on any atom is 0.0333 e. The Bertz CT molecular complexity index is 261. The molecule has 0 aromatic heterocycles. The van der Waals surface area contributed by atoms with Crippen molar-refractivity contribution >= 4 is 11.6 Å². The molecule has 1 rings (SSSR count). The lowest BCUT2D eigenvalue weighted by Crippen LogP contribution is -2.68. The summed E-state index contributed by atoms with van der Waals surface area (Å²) in [5.41, 5.74) is 2.18. The second kappa shape index (κ2) is 6.21. The van der Waals surface area contributed by atoms with Gasteiger partial charge < -0.3 is 5.32 Å². The summed E-state index contributed by atoms with van der Waals surface area (Å²) in [6.45, 7) is 12.3. The molecule has 1 heterocycles. The molecule has 2 nitrogen and oxygen atoms in total. The van der Waals surface area contributed by atoms with Gasteiger partial charge in [-0.1, -0.05) is 38.4 Å². The highest BCUT2D eigenvalue weighted by molar-refractivity contribution is 6.25. The molecule has 1 unspecified atom stereocenters. The largest absolute Gasteiger partial charge is 0.308 e. The molecule has 1 atom stereocenters. The average molecular weight is 259 g/mol. The van der Waals surface area contributed by atoms with E-state index < -0.39 is 0 Å². The Hall–Kier alpha value is -0.0500. The first kappa shape index (κ1) is 15.0. The Morgan fingerprint density at radius 3 is 2.35 bits per heavy atom. The molecule has 1 aliphatic heterocycles. The second-order valence-electron chi connectivity index (χ2n) is 5.44. The minimum atomic E-state index is 0.244. The fourth-order valence-corrected chi connectivity index (χ4v) is 2.82. The Kier molecular flexibility index (Phi) is 5.49. The van der Waals surface area contributed by atoms with E-state index in [1.54, 1.807) is 5.54 Å². The summed E-state index contributed by atoms with van der Waals surface area (Å²) in [4.78, 5) is 2.60. The molecule has 3 heteroatoms. The molecule has 1 N–H and O–H groups in total. The van der Waals surface area contributed by atoms with Crippen LogP contribution in [0.3, 0.4) is 0 Å². The summed E-state index contributed by atoms with van der Waals surface area (Å²) >= 11 is 5.68. The molecule has 1 aliphatic rings. The van der Waals surface area contributed by atoms with E-state index in [1.165, 1.54) is 12.8 Å². The van der Waals surface area contributed by atoms with Gasteiger partial charge in [-0.15, -0.1) is 0 Å². The van der Waals surface area contributed by atoms with Gasteiger partial charge in [-0.2, -0.15) is 0 Å². The summed E-state index contributed by atoms with van der Waals surface area (Å²) in [5.74, 6) is 0. The van der Waals surface area contributed by atoms with Crippen LogP contribution in [0.25, 0.3) is 0 Å². The first-order valence-electron chi connectivity index (χ1n) is 6.81. The molecule has 1 fully saturated rings. The summed E-state index contributed by atoms with van der Waals surface area (Å²) in [5, 5.41) is 3.75. The van der Waals surface area contributed by atoms with Crippen LogP contribution < -0.4 is 5.32 Å². The molecule has 0 spiro atoms. The third kappa shape index (κ3) is 3.24. The Labute approximate surface area is 111 Å². The standard InChI is InChI=1S/C14H27ClN2/c1-5-13(4)12-17(10-8-9-15)14(6-2,7-3)11-16-13/h8-9,16H,5-7,10-12H2,1-4H3/b9-8+. The molecule has 0 saturated carbocycles. The van der Waals surface area contributed by atoms with Crippen molar-refractivity contribution in [1.82, 2.24) is 10.2 Å². The van der Waals surface area contributed by atoms with Crippen molar-refractivity contribution in [1.29, 1.82) is 0 Å². The summed E-state index contributed by atoms with van der Waals surface area (Å²) in [6, 6.07) is 0. The first-order valence-corrected chi connectivity index (χ1v) is 7.24. The van der Waals surface area contributed by atoms with Gasteiger partial charge in [-0.3, -0.25) is 4.90 Å². The highest BCUT2D eigenvalue weighted by Crippen LogP contribution is 2.31. The SMILES string of the molecule is CCC1(C)CN(C/C=C/Cl)C(CC)(CC)CN1. The predicted molar refractivity (Wildman–Crippen MR) is 76.6 cm³/mol. The third-order valence-electron chi connectivity index (χ3n) is 4.57. The van der Waals surface area contributed by atoms with Gasteiger partial charge in [0.05, 0.1) is 0 Å². The summed E-state index contributed by atoms with van der Waals surface area (Å²) in [6.07, 6.45) is 5.60. The minimum absolute atomic E-state index is 0.244. The fraction of sp³-hybridized carbons (Fsp3) is 0.857. The van der Waals surface area contributed by atoms with E-state index >= 15 is 0 Å². The van der Waals surface area contributed by atoms with Crippen LogP contribution in [-0.4, -0.2) is 35.6 Å². The zero-order valence-electron chi connectivity index (χ0n) is 11.7. The molecule has 0 aliphatic carbocycles. The summed E-state index contributed by atoms with van der Waals surface area (Å²) < 4.78 is 0. The molecule has 1 saturated heterocycles. The molecule has 17 heavy (non-hydrogen) atoms. The maximum atomic E-state index is 5.68. The molecule has 0 amide bonds. The number of nitrogens with zero attached hydrogens (tertiary/aromatic N) is 1. The fourth-order valence-electron chi connectivity index (χ4n) is 2.74. The van der Waals surface area contributed by atoms with E-state index in [4.69, 9.17) is 11.6 Å². The van der Waals surface area contributed by atoms with Crippen molar-refractivity contribution in [3.8, 4) is 0 Å². The van der Waals surface area contributed by atoms with E-state index in [2.05, 4.69) is 44.0 Å². The lowest BCUT2D eigenvalue weighted by molar-refractivity contribution is 0.0116. The topological polar surface area (TPSA) is 15.3 Å². The molecule has 0 aromatic carbocycles. The van der Waals surface area contributed by atoms with Crippen LogP contribution >= 0.6 is 11.6 Å². The lowest BCUT2D eigenvalue weighted by Gasteiger charge is -2.53. The van der Waals surface area contributed by atoms with E-state index in [9.17, 15) is 0 Å². The van der Waals surface area contributed by atoms with Gasteiger partial charge >= 0.3 is 0 Å². The number of piperazine rings is 1. The highest BCUT2D eigenvalue weighted by atomic mass is 35.5. The van der Waals surface area contributed by atoms with Crippen LogP contribution in [0.1, 0.15) is 47.0 Å². The minimum Gasteiger partial charge on any atom is -0.308 e. The first-order chi connectivity index (χ1) is 8.05. The van der Waals surface area contributed by atoms with Crippen LogP contribution in [0.2, 0.25) is 0 Å². The molecule has 0 aromatic rings. The van der Waals surface area contributed by atoms with Crippen molar-refractivity contribution in [2.45, 2.75) is 58.0 Å². The van der Waals surface area contributed by atoms with Crippen LogP contribution in [-0.2, 0) is 0 Å². The zero-order valence-corrected chi connectivity index (χ0v) is 12.5. The maximum absolute atomic E-state index is 5.68. The molecular formula is C14H27ClN2. The second-order valence-corrected chi connectivity index (χ2v) is 5.69. The number of nitrogens with one attached hydrogen (secondary N) is 1. The van der Waals surface area contributed by atoms with Gasteiger partial charge in [0.1, 0.15) is 0 Å². The Morgan fingerprint density at radius 1 is 1.24 bits per heavy atom. The monoisotopic (exact) mass is 258 g/mol. The van der Waals surface area contributed by atoms with Gasteiger partial charge in [-0.05, 0) is 26.2 Å². The normalized spacial score (nSPS) is 29.9. The Morgan fingerprint density at radius 2 is 1.88 bits per heavy atom. The molecular weight excluding hydrogens is 232 g/mol. The summed E-state index contributed by atoms with van der Waals surface area (Å²) in [7, 11) is 0. The van der Waals surface area contributed by atoms with Crippen LogP contribution in [0.5, 0.6) is 0 Å². The van der Waals surface area contributed by atoms with Crippen LogP contribution in [0.4, 0.5) is 0 Å². The van der Waals surface area contributed by atoms with Crippen molar-refractivity contribution in [2.75, 3.05) is 19.6 Å². The highest BCUT2D eigenvalue weighted by Gasteiger charge is 2.42. The van der Waals surface area contributed by atoms with E-state index in [-0.39, 0.29) is 5.54 Å². The van der Waals surface area contributed by atoms with Gasteiger partial charge in [0.25, 0.3) is 0 Å². The quantitative estimate of drug-likeness (QED) is 0.814. The van der Waals surface area contributed by atoms with E-state index in [0.717, 1.165) is 26.1 Å². The van der Waals surface area contributed by atoms with Crippen molar-refractivity contribution in [3.63, 3.8) is 0 Å². The zero-order chi connectivity index (χ0) is 12.9. The van der Waals surface area contributed by atoms with E-state index in [1.807, 2.05) is 0 Å². The van der Waals surface area contributed by atoms with Crippen molar-refractivity contribution in [2.24, 2.45) is 0 Å². The Balaban J connectivity index is 2.85. The molecule has 100 valence electrons. The smallest absolute Gasteiger partial charge is 0.0333 e. The van der Waals surface area contributed by atoms with Crippen LogP contribution in [0, 0.1) is 0 Å². The van der Waals surface area contributed by atoms with Crippen LogP contribution in [0.15, 0.2) is 11.6 Å². The van der Waals surface area contributed by atoms with Crippen molar-refractivity contribution < 1.29 is 0 Å². The average Bonchev–Trinajstić information content (AvgIpc) is 2.37. The molecule has 0 radical (unpaired) electrons. The number of rotatable bonds is 5. The van der Waals surface area contributed by atoms with Gasteiger partial charge in [-0.25, -0.2) is 0 Å². The number of hydrogen-bond donors (Lipinski definition) is 1. The van der Waals surface area contributed by atoms with Gasteiger partial charge in [0, 0.05) is 36.2 Å². The molecule has 0 bridgehead atoms. The van der Waals surface area contributed by atoms with Gasteiger partial charge in [0.15, 0.2) is 0 Å².